The fourth-order valence-corrected chi connectivity index (χ4v) is 5.36. The first-order valence-corrected chi connectivity index (χ1v) is 10.5. The van der Waals surface area contributed by atoms with E-state index in [1.807, 2.05) is 12.1 Å². The van der Waals surface area contributed by atoms with Crippen molar-refractivity contribution in [2.45, 2.75) is 30.6 Å². The van der Waals surface area contributed by atoms with E-state index in [4.69, 9.17) is 0 Å². The maximum absolute atomic E-state index is 13.0. The SMILES string of the molecule is O=S(=O)(c1ccc2c(c1)CCc1ccccc1C2)N1CCCNCC1. The molecule has 1 aliphatic heterocycles. The third kappa shape index (κ3) is 3.36. The van der Waals surface area contributed by atoms with Crippen LogP contribution in [0.5, 0.6) is 0 Å². The maximum Gasteiger partial charge on any atom is 0.243 e. The van der Waals surface area contributed by atoms with E-state index >= 15 is 0 Å². The molecule has 0 spiro atoms. The second kappa shape index (κ2) is 6.90. The topological polar surface area (TPSA) is 49.4 Å². The minimum Gasteiger partial charge on any atom is -0.315 e. The Hall–Kier alpha value is -1.69. The first-order chi connectivity index (χ1) is 12.1. The van der Waals surface area contributed by atoms with Crippen molar-refractivity contribution in [2.75, 3.05) is 26.2 Å². The van der Waals surface area contributed by atoms with Crippen LogP contribution in [0.25, 0.3) is 0 Å². The Kier molecular flexibility index (Phi) is 4.63. The molecule has 2 aromatic rings. The van der Waals surface area contributed by atoms with Gasteiger partial charge in [-0.15, -0.1) is 0 Å². The molecular weight excluding hydrogens is 332 g/mol. The lowest BCUT2D eigenvalue weighted by molar-refractivity contribution is 0.432. The highest BCUT2D eigenvalue weighted by atomic mass is 32.2. The lowest BCUT2D eigenvalue weighted by atomic mass is 10.0. The number of nitrogens with zero attached hydrogens (tertiary/aromatic N) is 1. The zero-order valence-electron chi connectivity index (χ0n) is 14.4. The molecule has 2 aromatic carbocycles. The van der Waals surface area contributed by atoms with Crippen molar-refractivity contribution in [3.63, 3.8) is 0 Å². The molecule has 5 heteroatoms. The summed E-state index contributed by atoms with van der Waals surface area (Å²) in [6.45, 7) is 2.75. The second-order valence-corrected chi connectivity index (χ2v) is 8.82. The molecular formula is C20H24N2O2S. The predicted molar refractivity (Wildman–Crippen MR) is 99.3 cm³/mol. The number of benzene rings is 2. The number of sulfonamides is 1. The van der Waals surface area contributed by atoms with Gasteiger partial charge >= 0.3 is 0 Å². The van der Waals surface area contributed by atoms with Crippen LogP contribution in [0.15, 0.2) is 47.4 Å². The quantitative estimate of drug-likeness (QED) is 0.899. The van der Waals surface area contributed by atoms with Gasteiger partial charge in [-0.2, -0.15) is 4.31 Å². The smallest absolute Gasteiger partial charge is 0.243 e. The standard InChI is InChI=1S/C20H24N2O2S/c23-25(24,22-12-3-10-21-11-13-22)20-9-8-18-14-17-5-2-1-4-16(17)6-7-19(18)15-20/h1-2,4-5,8-9,15,21H,3,6-7,10-14H2. The van der Waals surface area contributed by atoms with E-state index in [1.165, 1.54) is 22.3 Å². The van der Waals surface area contributed by atoms with Crippen LogP contribution >= 0.6 is 0 Å². The molecule has 1 heterocycles. The fraction of sp³-hybridized carbons (Fsp3) is 0.400. The number of rotatable bonds is 2. The molecule has 0 bridgehead atoms. The van der Waals surface area contributed by atoms with Gasteiger partial charge in [0.1, 0.15) is 0 Å². The molecule has 1 aliphatic carbocycles. The van der Waals surface area contributed by atoms with Crippen LogP contribution in [0.4, 0.5) is 0 Å². The molecule has 0 saturated carbocycles. The maximum atomic E-state index is 13.0. The van der Waals surface area contributed by atoms with Crippen molar-refractivity contribution < 1.29 is 8.42 Å². The average molecular weight is 356 g/mol. The van der Waals surface area contributed by atoms with Crippen LogP contribution < -0.4 is 5.32 Å². The van der Waals surface area contributed by atoms with Crippen LogP contribution in [-0.2, 0) is 29.3 Å². The first-order valence-electron chi connectivity index (χ1n) is 9.04. The molecule has 1 N–H and O–H groups in total. The van der Waals surface area contributed by atoms with Gasteiger partial charge in [-0.25, -0.2) is 8.42 Å². The monoisotopic (exact) mass is 356 g/mol. The van der Waals surface area contributed by atoms with Crippen LogP contribution in [0, 0.1) is 0 Å². The lowest BCUT2D eigenvalue weighted by Gasteiger charge is -2.20. The second-order valence-electron chi connectivity index (χ2n) is 6.88. The highest BCUT2D eigenvalue weighted by Crippen LogP contribution is 2.27. The van der Waals surface area contributed by atoms with Crippen molar-refractivity contribution in [1.29, 1.82) is 0 Å². The van der Waals surface area contributed by atoms with Crippen molar-refractivity contribution in [2.24, 2.45) is 0 Å². The highest BCUT2D eigenvalue weighted by Gasteiger charge is 2.26. The summed E-state index contributed by atoms with van der Waals surface area (Å²) in [5.74, 6) is 0. The molecule has 0 aromatic heterocycles. The van der Waals surface area contributed by atoms with Gasteiger partial charge in [0, 0.05) is 19.6 Å². The number of hydrogen-bond acceptors (Lipinski definition) is 3. The average Bonchev–Trinajstić information content (AvgIpc) is 3.00. The van der Waals surface area contributed by atoms with E-state index in [2.05, 4.69) is 29.6 Å². The Morgan fingerprint density at radius 1 is 0.840 bits per heavy atom. The van der Waals surface area contributed by atoms with E-state index in [9.17, 15) is 8.42 Å². The van der Waals surface area contributed by atoms with Gasteiger partial charge in [0.05, 0.1) is 4.90 Å². The van der Waals surface area contributed by atoms with Crippen molar-refractivity contribution in [3.05, 3.63) is 64.7 Å². The van der Waals surface area contributed by atoms with Crippen molar-refractivity contribution in [3.8, 4) is 0 Å². The predicted octanol–water partition coefficient (Wildman–Crippen LogP) is 2.36. The Bertz CT molecular complexity index is 869. The minimum atomic E-state index is -3.40. The zero-order valence-corrected chi connectivity index (χ0v) is 15.2. The van der Waals surface area contributed by atoms with Gasteiger partial charge in [-0.1, -0.05) is 30.3 Å². The van der Waals surface area contributed by atoms with E-state index < -0.39 is 10.0 Å². The Balaban J connectivity index is 1.65. The lowest BCUT2D eigenvalue weighted by Crippen LogP contribution is -2.34. The summed E-state index contributed by atoms with van der Waals surface area (Å²) in [7, 11) is -3.40. The van der Waals surface area contributed by atoms with E-state index in [0.717, 1.165) is 38.8 Å². The van der Waals surface area contributed by atoms with Crippen molar-refractivity contribution in [1.82, 2.24) is 9.62 Å². The fourth-order valence-electron chi connectivity index (χ4n) is 3.83. The molecule has 4 nitrogen and oxygen atoms in total. The van der Waals surface area contributed by atoms with Crippen LogP contribution in [0.3, 0.4) is 0 Å². The number of hydrogen-bond donors (Lipinski definition) is 1. The molecule has 1 saturated heterocycles. The van der Waals surface area contributed by atoms with Gasteiger partial charge in [0.25, 0.3) is 0 Å². The molecule has 0 radical (unpaired) electrons. The Morgan fingerprint density at radius 2 is 1.60 bits per heavy atom. The van der Waals surface area contributed by atoms with Gasteiger partial charge in [-0.05, 0) is 66.6 Å². The number of fused-ring (bicyclic) bond motifs is 2. The summed E-state index contributed by atoms with van der Waals surface area (Å²) in [5.41, 5.74) is 5.16. The molecule has 1 fully saturated rings. The summed E-state index contributed by atoms with van der Waals surface area (Å²) >= 11 is 0. The summed E-state index contributed by atoms with van der Waals surface area (Å²) < 4.78 is 27.7. The summed E-state index contributed by atoms with van der Waals surface area (Å²) in [6.07, 6.45) is 3.62. The molecule has 0 unspecified atom stereocenters. The highest BCUT2D eigenvalue weighted by molar-refractivity contribution is 7.89. The Labute approximate surface area is 149 Å². The Morgan fingerprint density at radius 3 is 2.48 bits per heavy atom. The third-order valence-corrected chi connectivity index (χ3v) is 7.17. The van der Waals surface area contributed by atoms with E-state index in [-0.39, 0.29) is 0 Å². The van der Waals surface area contributed by atoms with E-state index in [0.29, 0.717) is 18.0 Å². The van der Waals surface area contributed by atoms with Crippen LogP contribution in [0.2, 0.25) is 0 Å². The van der Waals surface area contributed by atoms with Gasteiger partial charge in [-0.3, -0.25) is 0 Å². The summed E-state index contributed by atoms with van der Waals surface area (Å²) in [4.78, 5) is 0.444. The molecule has 132 valence electrons. The molecule has 4 rings (SSSR count). The van der Waals surface area contributed by atoms with Gasteiger partial charge < -0.3 is 5.32 Å². The number of nitrogens with one attached hydrogen (secondary N) is 1. The zero-order chi connectivity index (χ0) is 17.3. The number of aryl methyl sites for hydroxylation is 2. The summed E-state index contributed by atoms with van der Waals surface area (Å²) in [5, 5.41) is 3.26. The van der Waals surface area contributed by atoms with Crippen LogP contribution in [-0.4, -0.2) is 38.9 Å². The summed E-state index contributed by atoms with van der Waals surface area (Å²) in [6, 6.07) is 14.2. The third-order valence-electron chi connectivity index (χ3n) is 5.28. The van der Waals surface area contributed by atoms with Gasteiger partial charge in [0.15, 0.2) is 0 Å². The molecule has 2 aliphatic rings. The largest absolute Gasteiger partial charge is 0.315 e. The van der Waals surface area contributed by atoms with Crippen LogP contribution in [0.1, 0.15) is 28.7 Å². The molecule has 0 atom stereocenters. The van der Waals surface area contributed by atoms with Gasteiger partial charge in [0.2, 0.25) is 10.0 Å². The first kappa shape index (κ1) is 16.8. The van der Waals surface area contributed by atoms with Crippen molar-refractivity contribution >= 4 is 10.0 Å². The molecule has 25 heavy (non-hydrogen) atoms. The van der Waals surface area contributed by atoms with E-state index in [1.54, 1.807) is 10.4 Å². The molecule has 0 amide bonds. The normalized spacial score (nSPS) is 18.7. The minimum absolute atomic E-state index is 0.444.